The maximum Gasteiger partial charge on any atom is 0.343 e. The normalized spacial score (nSPS) is 17.0. The molecule has 0 saturated carbocycles. The lowest BCUT2D eigenvalue weighted by atomic mass is 9.97. The third-order valence-corrected chi connectivity index (χ3v) is 5.06. The predicted octanol–water partition coefficient (Wildman–Crippen LogP) is 3.31. The summed E-state index contributed by atoms with van der Waals surface area (Å²) in [4.78, 5) is 34.8. The van der Waals surface area contributed by atoms with Crippen molar-refractivity contribution in [1.29, 1.82) is 0 Å². The van der Waals surface area contributed by atoms with Crippen LogP contribution >= 0.6 is 11.6 Å². The smallest absolute Gasteiger partial charge is 0.343 e. The summed E-state index contributed by atoms with van der Waals surface area (Å²) in [7, 11) is 0. The van der Waals surface area contributed by atoms with Gasteiger partial charge in [0.15, 0.2) is 5.78 Å². The minimum Gasteiger partial charge on any atom is -0.462 e. The monoisotopic (exact) mass is 416 g/mol. The van der Waals surface area contributed by atoms with Crippen LogP contribution in [0.1, 0.15) is 40.5 Å². The number of likely N-dealkylation sites (tertiary alicyclic amines) is 1. The standard InChI is InChI=1S/C21H25ClN4O3/c1-2-29-20(28)17-12-24-21(22)25-19(17)23-11-15-7-6-10-26(13-15)14-18(27)16-8-4-3-5-9-16/h3-5,8-9,12,15H,2,6-7,10-11,13-14H2,1H3,(H,23,24,25). The molecule has 154 valence electrons. The Morgan fingerprint density at radius 2 is 2.10 bits per heavy atom. The van der Waals surface area contributed by atoms with E-state index in [9.17, 15) is 9.59 Å². The van der Waals surface area contributed by atoms with Gasteiger partial charge in [-0.25, -0.2) is 9.78 Å². The zero-order valence-electron chi connectivity index (χ0n) is 16.4. The Labute approximate surface area is 175 Å². The molecule has 1 saturated heterocycles. The average Bonchev–Trinajstić information content (AvgIpc) is 2.73. The number of halogens is 1. The summed E-state index contributed by atoms with van der Waals surface area (Å²) in [6.07, 6.45) is 3.43. The van der Waals surface area contributed by atoms with Crippen LogP contribution in [0.15, 0.2) is 36.5 Å². The van der Waals surface area contributed by atoms with E-state index >= 15 is 0 Å². The number of carbonyl (C=O) groups is 2. The second-order valence-electron chi connectivity index (χ2n) is 7.04. The number of piperidine rings is 1. The van der Waals surface area contributed by atoms with Crippen molar-refractivity contribution in [2.75, 3.05) is 38.1 Å². The number of aromatic nitrogens is 2. The molecule has 2 aromatic rings. The molecule has 7 nitrogen and oxygen atoms in total. The number of nitrogens with zero attached hydrogens (tertiary/aromatic N) is 3. The number of Topliss-reactive ketones (excluding diaryl/α,β-unsaturated/α-hetero) is 1. The molecular formula is C21H25ClN4O3. The minimum absolute atomic E-state index is 0.0688. The number of rotatable bonds is 8. The first kappa shape index (κ1) is 21.2. The van der Waals surface area contributed by atoms with Gasteiger partial charge in [-0.05, 0) is 43.8 Å². The van der Waals surface area contributed by atoms with Gasteiger partial charge in [0.1, 0.15) is 11.4 Å². The van der Waals surface area contributed by atoms with E-state index in [1.54, 1.807) is 6.92 Å². The van der Waals surface area contributed by atoms with E-state index in [0.29, 0.717) is 24.8 Å². The maximum absolute atomic E-state index is 12.5. The van der Waals surface area contributed by atoms with E-state index in [-0.39, 0.29) is 23.2 Å². The summed E-state index contributed by atoms with van der Waals surface area (Å²) in [6, 6.07) is 9.36. The van der Waals surface area contributed by atoms with Crippen LogP contribution in [0.25, 0.3) is 0 Å². The second-order valence-corrected chi connectivity index (χ2v) is 7.37. The fourth-order valence-electron chi connectivity index (χ4n) is 3.47. The summed E-state index contributed by atoms with van der Waals surface area (Å²) in [5, 5.41) is 3.29. The van der Waals surface area contributed by atoms with Gasteiger partial charge in [0.2, 0.25) is 5.28 Å². The molecule has 1 N–H and O–H groups in total. The largest absolute Gasteiger partial charge is 0.462 e. The minimum atomic E-state index is -0.481. The fraction of sp³-hybridized carbons (Fsp3) is 0.429. The Hall–Kier alpha value is -2.51. The molecule has 0 amide bonds. The molecular weight excluding hydrogens is 392 g/mol. The molecule has 1 aliphatic rings. The highest BCUT2D eigenvalue weighted by molar-refractivity contribution is 6.28. The van der Waals surface area contributed by atoms with Crippen LogP contribution in [0.4, 0.5) is 5.82 Å². The van der Waals surface area contributed by atoms with E-state index < -0.39 is 5.97 Å². The van der Waals surface area contributed by atoms with E-state index in [1.165, 1.54) is 6.20 Å². The Morgan fingerprint density at radius 1 is 1.31 bits per heavy atom. The van der Waals surface area contributed by atoms with Crippen molar-refractivity contribution in [1.82, 2.24) is 14.9 Å². The molecule has 1 aromatic heterocycles. The van der Waals surface area contributed by atoms with Crippen molar-refractivity contribution in [2.24, 2.45) is 5.92 Å². The summed E-state index contributed by atoms with van der Waals surface area (Å²) in [5.41, 5.74) is 1.01. The number of benzene rings is 1. The number of hydrogen-bond acceptors (Lipinski definition) is 7. The Balaban J connectivity index is 1.58. The number of hydrogen-bond donors (Lipinski definition) is 1. The van der Waals surface area contributed by atoms with Crippen LogP contribution in [0.2, 0.25) is 5.28 Å². The zero-order chi connectivity index (χ0) is 20.6. The first-order valence-electron chi connectivity index (χ1n) is 9.81. The highest BCUT2D eigenvalue weighted by Gasteiger charge is 2.23. The first-order valence-corrected chi connectivity index (χ1v) is 10.2. The van der Waals surface area contributed by atoms with E-state index in [1.807, 2.05) is 30.3 Å². The quantitative estimate of drug-likeness (QED) is 0.401. The van der Waals surface area contributed by atoms with Gasteiger partial charge in [-0.15, -0.1) is 0 Å². The van der Waals surface area contributed by atoms with Gasteiger partial charge in [0.25, 0.3) is 0 Å². The number of anilines is 1. The SMILES string of the molecule is CCOC(=O)c1cnc(Cl)nc1NCC1CCCN(CC(=O)c2ccccc2)C1. The lowest BCUT2D eigenvalue weighted by molar-refractivity contribution is 0.0526. The number of carbonyl (C=O) groups excluding carboxylic acids is 2. The molecule has 1 aromatic carbocycles. The summed E-state index contributed by atoms with van der Waals surface area (Å²) in [5.74, 6) is 0.355. The van der Waals surface area contributed by atoms with E-state index in [2.05, 4.69) is 20.2 Å². The Morgan fingerprint density at radius 3 is 2.86 bits per heavy atom. The van der Waals surface area contributed by atoms with Crippen LogP contribution in [-0.2, 0) is 4.74 Å². The predicted molar refractivity (Wildman–Crippen MR) is 111 cm³/mol. The van der Waals surface area contributed by atoms with Crippen molar-refractivity contribution in [3.63, 3.8) is 0 Å². The average molecular weight is 417 g/mol. The molecule has 1 atom stereocenters. The Kier molecular flexibility index (Phi) is 7.55. The van der Waals surface area contributed by atoms with E-state index in [0.717, 1.165) is 31.5 Å². The zero-order valence-corrected chi connectivity index (χ0v) is 17.2. The van der Waals surface area contributed by atoms with Crippen molar-refractivity contribution < 1.29 is 14.3 Å². The number of ketones is 1. The molecule has 0 aliphatic carbocycles. The van der Waals surface area contributed by atoms with Gasteiger partial charge in [-0.1, -0.05) is 30.3 Å². The van der Waals surface area contributed by atoms with Gasteiger partial charge in [0.05, 0.1) is 13.2 Å². The molecule has 3 rings (SSSR count). The summed E-state index contributed by atoms with van der Waals surface area (Å²) >= 11 is 5.90. The summed E-state index contributed by atoms with van der Waals surface area (Å²) < 4.78 is 5.06. The van der Waals surface area contributed by atoms with Crippen LogP contribution in [0.3, 0.4) is 0 Å². The first-order chi connectivity index (χ1) is 14.1. The number of nitrogens with one attached hydrogen (secondary N) is 1. The van der Waals surface area contributed by atoms with Gasteiger partial charge in [0, 0.05) is 24.8 Å². The molecule has 1 unspecified atom stereocenters. The molecule has 8 heteroatoms. The third-order valence-electron chi connectivity index (χ3n) is 4.88. The molecule has 1 fully saturated rings. The number of ether oxygens (including phenoxy) is 1. The molecule has 0 radical (unpaired) electrons. The van der Waals surface area contributed by atoms with Crippen LogP contribution in [-0.4, -0.2) is 59.4 Å². The van der Waals surface area contributed by atoms with Gasteiger partial charge < -0.3 is 10.1 Å². The summed E-state index contributed by atoms with van der Waals surface area (Å²) in [6.45, 7) is 4.76. The van der Waals surface area contributed by atoms with E-state index in [4.69, 9.17) is 16.3 Å². The van der Waals surface area contributed by atoms with Gasteiger partial charge >= 0.3 is 5.97 Å². The highest BCUT2D eigenvalue weighted by atomic mass is 35.5. The van der Waals surface area contributed by atoms with Gasteiger partial charge in [-0.2, -0.15) is 4.98 Å². The lowest BCUT2D eigenvalue weighted by Gasteiger charge is -2.32. The number of esters is 1. The lowest BCUT2D eigenvalue weighted by Crippen LogP contribution is -2.41. The van der Waals surface area contributed by atoms with Crippen LogP contribution in [0, 0.1) is 5.92 Å². The maximum atomic E-state index is 12.5. The van der Waals surface area contributed by atoms with Crippen LogP contribution in [0.5, 0.6) is 0 Å². The van der Waals surface area contributed by atoms with Crippen molar-refractivity contribution >= 4 is 29.2 Å². The molecule has 0 spiro atoms. The molecule has 2 heterocycles. The second kappa shape index (κ2) is 10.3. The molecule has 1 aliphatic heterocycles. The van der Waals surface area contributed by atoms with Crippen molar-refractivity contribution in [3.05, 3.63) is 52.9 Å². The fourth-order valence-corrected chi connectivity index (χ4v) is 3.61. The van der Waals surface area contributed by atoms with Crippen molar-refractivity contribution in [3.8, 4) is 0 Å². The topological polar surface area (TPSA) is 84.4 Å². The highest BCUT2D eigenvalue weighted by Crippen LogP contribution is 2.20. The molecule has 29 heavy (non-hydrogen) atoms. The van der Waals surface area contributed by atoms with Crippen LogP contribution < -0.4 is 5.32 Å². The van der Waals surface area contributed by atoms with Gasteiger partial charge in [-0.3, -0.25) is 9.69 Å². The molecule has 0 bridgehead atoms. The third kappa shape index (κ3) is 5.98. The van der Waals surface area contributed by atoms with Crippen molar-refractivity contribution in [2.45, 2.75) is 19.8 Å². The Bertz CT molecular complexity index is 847.